The first-order valence-corrected chi connectivity index (χ1v) is 10.9. The van der Waals surface area contributed by atoms with Gasteiger partial charge in [0.2, 0.25) is 0 Å². The van der Waals surface area contributed by atoms with Crippen molar-refractivity contribution >= 4 is 28.6 Å². The first-order valence-electron chi connectivity index (χ1n) is 10.6. The van der Waals surface area contributed by atoms with E-state index in [0.717, 1.165) is 32.1 Å². The van der Waals surface area contributed by atoms with Gasteiger partial charge in [0.1, 0.15) is 10.8 Å². The van der Waals surface area contributed by atoms with Crippen LogP contribution >= 0.6 is 11.6 Å². The van der Waals surface area contributed by atoms with Crippen LogP contribution in [0.1, 0.15) is 80.6 Å². The lowest BCUT2D eigenvalue weighted by Crippen LogP contribution is -2.19. The molecule has 1 unspecified atom stereocenters. The van der Waals surface area contributed by atoms with Crippen molar-refractivity contribution in [3.8, 4) is 11.8 Å². The quantitative estimate of drug-likeness (QED) is 0.405. The highest BCUT2D eigenvalue weighted by Crippen LogP contribution is 2.31. The lowest BCUT2D eigenvalue weighted by Gasteiger charge is -2.23. The Bertz CT molecular complexity index is 948. The van der Waals surface area contributed by atoms with Crippen molar-refractivity contribution in [2.24, 2.45) is 5.92 Å². The van der Waals surface area contributed by atoms with E-state index in [-0.39, 0.29) is 18.0 Å². The van der Waals surface area contributed by atoms with Gasteiger partial charge in [-0.05, 0) is 51.0 Å². The predicted molar refractivity (Wildman–Crippen MR) is 111 cm³/mol. The highest BCUT2D eigenvalue weighted by atomic mass is 35.5. The van der Waals surface area contributed by atoms with Gasteiger partial charge in [0.15, 0.2) is 11.9 Å². The highest BCUT2D eigenvalue weighted by Gasteiger charge is 2.26. The standard InChI is InChI=1S/C22H26ClN3O3/c1-2-28-22(27)16-14-18(23)24-21-20(16)17(12-11-15-8-4-3-5-9-15)25-26(21)19-10-6-7-13-29-19/h14-15,19H,2-10,13H2,1H3. The molecule has 0 N–H and O–H groups in total. The van der Waals surface area contributed by atoms with Gasteiger partial charge in [-0.3, -0.25) is 0 Å². The van der Waals surface area contributed by atoms with E-state index in [9.17, 15) is 4.79 Å². The largest absolute Gasteiger partial charge is 0.462 e. The van der Waals surface area contributed by atoms with E-state index in [2.05, 4.69) is 16.8 Å². The predicted octanol–water partition coefficient (Wildman–Crippen LogP) is 4.89. The van der Waals surface area contributed by atoms with Gasteiger partial charge < -0.3 is 9.47 Å². The Labute approximate surface area is 175 Å². The zero-order valence-electron chi connectivity index (χ0n) is 16.7. The van der Waals surface area contributed by atoms with E-state index in [4.69, 9.17) is 26.2 Å². The lowest BCUT2D eigenvalue weighted by atomic mass is 9.90. The maximum Gasteiger partial charge on any atom is 0.339 e. The summed E-state index contributed by atoms with van der Waals surface area (Å²) in [7, 11) is 0. The van der Waals surface area contributed by atoms with E-state index in [0.29, 0.717) is 34.8 Å². The van der Waals surface area contributed by atoms with Crippen molar-refractivity contribution in [2.75, 3.05) is 13.2 Å². The highest BCUT2D eigenvalue weighted by molar-refractivity contribution is 6.30. The topological polar surface area (TPSA) is 66.2 Å². The molecule has 1 saturated heterocycles. The van der Waals surface area contributed by atoms with Gasteiger partial charge in [0.25, 0.3) is 0 Å². The number of pyridine rings is 1. The first kappa shape index (κ1) is 20.2. The third-order valence-electron chi connectivity index (χ3n) is 5.55. The minimum absolute atomic E-state index is 0.225. The van der Waals surface area contributed by atoms with Gasteiger partial charge in [-0.25, -0.2) is 14.5 Å². The van der Waals surface area contributed by atoms with Crippen LogP contribution in [0.4, 0.5) is 0 Å². The molecule has 0 radical (unpaired) electrons. The van der Waals surface area contributed by atoms with Crippen LogP contribution < -0.4 is 0 Å². The monoisotopic (exact) mass is 415 g/mol. The average Bonchev–Trinajstić information content (AvgIpc) is 3.11. The molecule has 1 atom stereocenters. The summed E-state index contributed by atoms with van der Waals surface area (Å²) in [6.07, 6.45) is 8.66. The number of ether oxygens (including phenoxy) is 2. The SMILES string of the molecule is CCOC(=O)c1cc(Cl)nc2c1c(C#CC1CCCCC1)nn2C1CCCCO1. The van der Waals surface area contributed by atoms with Gasteiger partial charge in [0.05, 0.1) is 17.6 Å². The summed E-state index contributed by atoms with van der Waals surface area (Å²) >= 11 is 6.25. The molecule has 0 bridgehead atoms. The van der Waals surface area contributed by atoms with Gasteiger partial charge in [-0.1, -0.05) is 36.8 Å². The number of halogens is 1. The van der Waals surface area contributed by atoms with Crippen molar-refractivity contribution in [1.82, 2.24) is 14.8 Å². The third-order valence-corrected chi connectivity index (χ3v) is 5.75. The summed E-state index contributed by atoms with van der Waals surface area (Å²) < 4.78 is 12.9. The molecule has 6 nitrogen and oxygen atoms in total. The smallest absolute Gasteiger partial charge is 0.339 e. The van der Waals surface area contributed by atoms with Gasteiger partial charge in [-0.2, -0.15) is 5.10 Å². The Balaban J connectivity index is 1.83. The van der Waals surface area contributed by atoms with Crippen molar-refractivity contribution in [3.05, 3.63) is 22.5 Å². The minimum atomic E-state index is -0.438. The molecule has 2 fully saturated rings. The number of rotatable bonds is 3. The molecule has 3 heterocycles. The van der Waals surface area contributed by atoms with Gasteiger partial charge in [0, 0.05) is 12.5 Å². The fourth-order valence-corrected chi connectivity index (χ4v) is 4.29. The Kier molecular flexibility index (Phi) is 6.37. The van der Waals surface area contributed by atoms with Gasteiger partial charge >= 0.3 is 5.97 Å². The average molecular weight is 416 g/mol. The molecule has 7 heteroatoms. The Morgan fingerprint density at radius 3 is 2.79 bits per heavy atom. The van der Waals surface area contributed by atoms with E-state index in [1.54, 1.807) is 17.7 Å². The maximum atomic E-state index is 12.6. The molecular weight excluding hydrogens is 390 g/mol. The van der Waals surface area contributed by atoms with E-state index in [1.807, 2.05) is 0 Å². The number of aromatic nitrogens is 3. The summed E-state index contributed by atoms with van der Waals surface area (Å²) in [4.78, 5) is 17.1. The van der Waals surface area contributed by atoms with E-state index in [1.165, 1.54) is 19.3 Å². The zero-order chi connectivity index (χ0) is 20.2. The second-order valence-electron chi connectivity index (χ2n) is 7.63. The molecule has 154 valence electrons. The summed E-state index contributed by atoms with van der Waals surface area (Å²) in [6.45, 7) is 2.74. The van der Waals surface area contributed by atoms with E-state index >= 15 is 0 Å². The zero-order valence-corrected chi connectivity index (χ0v) is 17.5. The fourth-order valence-electron chi connectivity index (χ4n) is 4.10. The number of hydrogen-bond acceptors (Lipinski definition) is 5. The molecule has 29 heavy (non-hydrogen) atoms. The summed E-state index contributed by atoms with van der Waals surface area (Å²) in [5.74, 6) is 6.56. The second-order valence-corrected chi connectivity index (χ2v) is 8.02. The molecule has 2 aromatic heterocycles. The van der Waals surface area contributed by atoms with Gasteiger partial charge in [-0.15, -0.1) is 0 Å². The Morgan fingerprint density at radius 2 is 2.07 bits per heavy atom. The van der Waals surface area contributed by atoms with Crippen LogP contribution in [0, 0.1) is 17.8 Å². The van der Waals surface area contributed by atoms with Crippen molar-refractivity contribution in [3.63, 3.8) is 0 Å². The molecule has 2 aliphatic rings. The Morgan fingerprint density at radius 1 is 1.28 bits per heavy atom. The molecule has 2 aromatic rings. The normalized spacial score (nSPS) is 20.3. The number of esters is 1. The van der Waals surface area contributed by atoms with Crippen LogP contribution in [-0.4, -0.2) is 33.9 Å². The molecule has 4 rings (SSSR count). The summed E-state index contributed by atoms with van der Waals surface area (Å²) in [6, 6.07) is 1.54. The third kappa shape index (κ3) is 4.41. The van der Waals surface area contributed by atoms with Crippen LogP contribution in [0.2, 0.25) is 5.15 Å². The molecule has 0 spiro atoms. The molecular formula is C22H26ClN3O3. The number of carbonyl (C=O) groups excluding carboxylic acids is 1. The first-order chi connectivity index (χ1) is 14.2. The second kappa shape index (κ2) is 9.15. The van der Waals surface area contributed by atoms with Crippen LogP contribution in [-0.2, 0) is 9.47 Å². The molecule has 0 aromatic carbocycles. The van der Waals surface area contributed by atoms with Crippen LogP contribution in [0.5, 0.6) is 0 Å². The van der Waals surface area contributed by atoms with Crippen molar-refractivity contribution in [2.45, 2.75) is 64.5 Å². The van der Waals surface area contributed by atoms with E-state index < -0.39 is 5.97 Å². The Hall–Kier alpha value is -2.10. The van der Waals surface area contributed by atoms with Crippen LogP contribution in [0.25, 0.3) is 11.0 Å². The van der Waals surface area contributed by atoms with Crippen LogP contribution in [0.15, 0.2) is 6.07 Å². The number of fused-ring (bicyclic) bond motifs is 1. The lowest BCUT2D eigenvalue weighted by molar-refractivity contribution is -0.0370. The molecule has 1 saturated carbocycles. The number of nitrogens with zero attached hydrogens (tertiary/aromatic N) is 3. The number of hydrogen-bond donors (Lipinski definition) is 0. The van der Waals surface area contributed by atoms with Crippen molar-refractivity contribution in [1.29, 1.82) is 0 Å². The molecule has 1 aliphatic heterocycles. The van der Waals surface area contributed by atoms with Crippen molar-refractivity contribution < 1.29 is 14.3 Å². The van der Waals surface area contributed by atoms with Crippen LogP contribution in [0.3, 0.4) is 0 Å². The maximum absolute atomic E-state index is 12.6. The molecule has 1 aliphatic carbocycles. The fraction of sp³-hybridized carbons (Fsp3) is 0.591. The number of carbonyl (C=O) groups is 1. The molecule has 0 amide bonds. The summed E-state index contributed by atoms with van der Waals surface area (Å²) in [5.41, 5.74) is 1.43. The minimum Gasteiger partial charge on any atom is -0.462 e. The summed E-state index contributed by atoms with van der Waals surface area (Å²) in [5, 5.41) is 5.56.